The van der Waals surface area contributed by atoms with Gasteiger partial charge in [0.2, 0.25) is 0 Å². The molecule has 0 saturated heterocycles. The first-order chi connectivity index (χ1) is 13.4. The normalized spacial score (nSPS) is 10.9. The number of hydrogen-bond acceptors (Lipinski definition) is 5. The van der Waals surface area contributed by atoms with E-state index in [1.807, 2.05) is 30.3 Å². The van der Waals surface area contributed by atoms with Gasteiger partial charge in [0.1, 0.15) is 11.5 Å². The molecule has 0 aliphatic rings. The van der Waals surface area contributed by atoms with E-state index in [2.05, 4.69) is 9.46 Å². The highest BCUT2D eigenvalue weighted by Gasteiger charge is 2.19. The maximum absolute atomic E-state index is 12.6. The van der Waals surface area contributed by atoms with Crippen LogP contribution in [0.5, 0.6) is 11.5 Å². The lowest BCUT2D eigenvalue weighted by atomic mass is 10.2. The van der Waals surface area contributed by atoms with Crippen LogP contribution in [0.3, 0.4) is 0 Å². The summed E-state index contributed by atoms with van der Waals surface area (Å²) in [6.45, 7) is 0. The molecule has 3 aromatic carbocycles. The Labute approximate surface area is 167 Å². The van der Waals surface area contributed by atoms with Gasteiger partial charge in [-0.05, 0) is 54.6 Å². The summed E-state index contributed by atoms with van der Waals surface area (Å²) >= 11 is 5.93. The van der Waals surface area contributed by atoms with Crippen LogP contribution in [-0.2, 0) is 14.8 Å². The summed E-state index contributed by atoms with van der Waals surface area (Å²) in [5.41, 5.74) is 0.314. The number of sulfonamides is 1. The largest absolute Gasteiger partial charge is 0.465 e. The molecule has 0 aliphatic carbocycles. The average Bonchev–Trinajstić information content (AvgIpc) is 2.69. The highest BCUT2D eigenvalue weighted by atomic mass is 35.5. The summed E-state index contributed by atoms with van der Waals surface area (Å²) in [6.07, 6.45) is 0. The number of carbonyl (C=O) groups excluding carboxylic acids is 1. The van der Waals surface area contributed by atoms with E-state index >= 15 is 0 Å². The zero-order valence-electron chi connectivity index (χ0n) is 14.8. The smallest absolute Gasteiger partial charge is 0.339 e. The second-order valence-corrected chi connectivity index (χ2v) is 7.77. The van der Waals surface area contributed by atoms with E-state index in [-0.39, 0.29) is 15.5 Å². The average molecular weight is 418 g/mol. The molecule has 0 fully saturated rings. The highest BCUT2D eigenvalue weighted by Crippen LogP contribution is 2.26. The Hall–Kier alpha value is -3.03. The van der Waals surface area contributed by atoms with Gasteiger partial charge in [-0.25, -0.2) is 13.2 Å². The van der Waals surface area contributed by atoms with Crippen LogP contribution in [0.15, 0.2) is 77.7 Å². The monoisotopic (exact) mass is 417 g/mol. The standard InChI is InChI=1S/C20H16ClNO5S/c1-26-20(23)18-13-17(11-12-19(18)21)28(24,25)22-14-7-9-16(10-8-14)27-15-5-3-2-4-6-15/h2-13,22H,1H3. The van der Waals surface area contributed by atoms with Crippen molar-refractivity contribution in [2.45, 2.75) is 4.90 Å². The number of methoxy groups -OCH3 is 1. The molecule has 0 amide bonds. The first-order valence-corrected chi connectivity index (χ1v) is 9.99. The molecule has 0 spiro atoms. The van der Waals surface area contributed by atoms with E-state index in [9.17, 15) is 13.2 Å². The lowest BCUT2D eigenvalue weighted by molar-refractivity contribution is 0.0600. The molecule has 0 saturated carbocycles. The molecule has 3 aromatic rings. The van der Waals surface area contributed by atoms with E-state index in [4.69, 9.17) is 16.3 Å². The van der Waals surface area contributed by atoms with Gasteiger partial charge in [-0.1, -0.05) is 29.8 Å². The van der Waals surface area contributed by atoms with Gasteiger partial charge in [0.15, 0.2) is 0 Å². The molecule has 144 valence electrons. The number of nitrogens with one attached hydrogen (secondary N) is 1. The van der Waals surface area contributed by atoms with E-state index in [0.29, 0.717) is 17.2 Å². The lowest BCUT2D eigenvalue weighted by Gasteiger charge is -2.11. The Balaban J connectivity index is 1.78. The minimum absolute atomic E-state index is 0.0290. The fraction of sp³-hybridized carbons (Fsp3) is 0.0500. The molecular weight excluding hydrogens is 402 g/mol. The van der Waals surface area contributed by atoms with Crippen molar-refractivity contribution in [3.63, 3.8) is 0 Å². The summed E-state index contributed by atoms with van der Waals surface area (Å²) in [6, 6.07) is 19.5. The zero-order valence-corrected chi connectivity index (χ0v) is 16.3. The summed E-state index contributed by atoms with van der Waals surface area (Å²) in [5, 5.41) is 0.105. The third kappa shape index (κ3) is 4.62. The van der Waals surface area contributed by atoms with Crippen molar-refractivity contribution in [3.8, 4) is 11.5 Å². The van der Waals surface area contributed by atoms with Crippen LogP contribution in [0.25, 0.3) is 0 Å². The molecule has 0 radical (unpaired) electrons. The van der Waals surface area contributed by atoms with Crippen LogP contribution < -0.4 is 9.46 Å². The number of hydrogen-bond donors (Lipinski definition) is 1. The summed E-state index contributed by atoms with van der Waals surface area (Å²) in [5.74, 6) is 0.519. The van der Waals surface area contributed by atoms with Crippen molar-refractivity contribution in [2.24, 2.45) is 0 Å². The molecule has 6 nitrogen and oxygen atoms in total. The Morgan fingerprint density at radius 1 is 0.929 bits per heavy atom. The molecule has 1 N–H and O–H groups in total. The molecule has 0 aliphatic heterocycles. The van der Waals surface area contributed by atoms with Crippen molar-refractivity contribution in [1.82, 2.24) is 0 Å². The van der Waals surface area contributed by atoms with Gasteiger partial charge in [-0.2, -0.15) is 0 Å². The molecule has 0 heterocycles. The number of rotatable bonds is 6. The minimum atomic E-state index is -3.92. The highest BCUT2D eigenvalue weighted by molar-refractivity contribution is 7.92. The summed E-state index contributed by atoms with van der Waals surface area (Å²) in [7, 11) is -2.73. The minimum Gasteiger partial charge on any atom is -0.465 e. The fourth-order valence-corrected chi connectivity index (χ4v) is 3.65. The van der Waals surface area contributed by atoms with Crippen LogP contribution in [0, 0.1) is 0 Å². The predicted octanol–water partition coefficient (Wildman–Crippen LogP) is 4.72. The van der Waals surface area contributed by atoms with E-state index < -0.39 is 16.0 Å². The van der Waals surface area contributed by atoms with Crippen molar-refractivity contribution < 1.29 is 22.7 Å². The number of benzene rings is 3. The van der Waals surface area contributed by atoms with Crippen LogP contribution in [0.2, 0.25) is 5.02 Å². The van der Waals surface area contributed by atoms with E-state index in [1.54, 1.807) is 24.3 Å². The predicted molar refractivity (Wildman–Crippen MR) is 107 cm³/mol. The number of carbonyl (C=O) groups is 1. The molecule has 3 rings (SSSR count). The van der Waals surface area contributed by atoms with Gasteiger partial charge in [-0.3, -0.25) is 4.72 Å². The molecule has 0 unspecified atom stereocenters. The maximum atomic E-state index is 12.6. The van der Waals surface area contributed by atoms with Gasteiger partial charge in [-0.15, -0.1) is 0 Å². The molecule has 28 heavy (non-hydrogen) atoms. The van der Waals surface area contributed by atoms with Crippen LogP contribution in [0.1, 0.15) is 10.4 Å². The van der Waals surface area contributed by atoms with Crippen molar-refractivity contribution >= 4 is 33.3 Å². The quantitative estimate of drug-likeness (QED) is 0.587. The number of halogens is 1. The molecule has 8 heteroatoms. The number of esters is 1. The van der Waals surface area contributed by atoms with E-state index in [1.165, 1.54) is 25.3 Å². The SMILES string of the molecule is COC(=O)c1cc(S(=O)(=O)Nc2ccc(Oc3ccccc3)cc2)ccc1Cl. The number of para-hydroxylation sites is 1. The van der Waals surface area contributed by atoms with Gasteiger partial charge in [0.25, 0.3) is 10.0 Å². The lowest BCUT2D eigenvalue weighted by Crippen LogP contribution is -2.14. The maximum Gasteiger partial charge on any atom is 0.339 e. The zero-order chi connectivity index (χ0) is 20.1. The Morgan fingerprint density at radius 2 is 1.57 bits per heavy atom. The van der Waals surface area contributed by atoms with Crippen molar-refractivity contribution in [2.75, 3.05) is 11.8 Å². The molecule has 0 bridgehead atoms. The molecule has 0 aromatic heterocycles. The molecule has 0 atom stereocenters. The van der Waals surface area contributed by atoms with Crippen LogP contribution in [-0.4, -0.2) is 21.5 Å². The second kappa shape index (κ2) is 8.33. The van der Waals surface area contributed by atoms with Crippen molar-refractivity contribution in [3.05, 3.63) is 83.4 Å². The second-order valence-electron chi connectivity index (χ2n) is 5.68. The Kier molecular flexibility index (Phi) is 5.87. The number of ether oxygens (including phenoxy) is 2. The fourth-order valence-electron chi connectivity index (χ4n) is 2.37. The van der Waals surface area contributed by atoms with Crippen molar-refractivity contribution in [1.29, 1.82) is 0 Å². The summed E-state index contributed by atoms with van der Waals surface area (Å²) < 4.78 is 38.0. The topological polar surface area (TPSA) is 81.7 Å². The van der Waals surface area contributed by atoms with Crippen LogP contribution >= 0.6 is 11.6 Å². The van der Waals surface area contributed by atoms with Gasteiger partial charge in [0, 0.05) is 5.69 Å². The third-order valence-electron chi connectivity index (χ3n) is 3.74. The number of anilines is 1. The molecular formula is C20H16ClNO5S. The van der Waals surface area contributed by atoms with Gasteiger partial charge in [0.05, 0.1) is 22.6 Å². The Morgan fingerprint density at radius 3 is 2.21 bits per heavy atom. The van der Waals surface area contributed by atoms with Crippen LogP contribution in [0.4, 0.5) is 5.69 Å². The Bertz CT molecular complexity index is 1080. The first kappa shape index (κ1) is 19.7. The summed E-state index contributed by atoms with van der Waals surface area (Å²) in [4.78, 5) is 11.6. The van der Waals surface area contributed by atoms with E-state index in [0.717, 1.165) is 0 Å². The third-order valence-corrected chi connectivity index (χ3v) is 5.45. The first-order valence-electron chi connectivity index (χ1n) is 8.13. The van der Waals surface area contributed by atoms with Gasteiger partial charge >= 0.3 is 5.97 Å². The van der Waals surface area contributed by atoms with Gasteiger partial charge < -0.3 is 9.47 Å².